The van der Waals surface area contributed by atoms with E-state index in [1.807, 2.05) is 0 Å². The molecule has 0 heterocycles. The van der Waals surface area contributed by atoms with E-state index < -0.39 is 0 Å². The number of amides is 1. The van der Waals surface area contributed by atoms with E-state index in [1.54, 1.807) is 7.11 Å². The highest BCUT2D eigenvalue weighted by molar-refractivity contribution is 5.76. The lowest BCUT2D eigenvalue weighted by Crippen LogP contribution is -2.42. The monoisotopic (exact) mass is 200 g/mol. The molecule has 0 unspecified atom stereocenters. The van der Waals surface area contributed by atoms with Gasteiger partial charge in [0.2, 0.25) is 5.91 Å². The first-order valence-corrected chi connectivity index (χ1v) is 5.18. The second-order valence-electron chi connectivity index (χ2n) is 4.08. The minimum Gasteiger partial charge on any atom is -0.383 e. The minimum absolute atomic E-state index is 0.104. The molecule has 1 amide bonds. The van der Waals surface area contributed by atoms with Crippen molar-refractivity contribution in [1.82, 2.24) is 5.32 Å². The van der Waals surface area contributed by atoms with Crippen molar-refractivity contribution in [3.8, 4) is 0 Å². The Labute approximate surface area is 85.2 Å². The van der Waals surface area contributed by atoms with Gasteiger partial charge in [-0.1, -0.05) is 6.42 Å². The van der Waals surface area contributed by atoms with Crippen LogP contribution < -0.4 is 11.1 Å². The van der Waals surface area contributed by atoms with E-state index in [1.165, 1.54) is 6.42 Å². The molecule has 0 bridgehead atoms. The molecule has 0 radical (unpaired) electrons. The van der Waals surface area contributed by atoms with Gasteiger partial charge in [0.25, 0.3) is 0 Å². The molecule has 0 saturated heterocycles. The molecular formula is C10H20N2O2. The van der Waals surface area contributed by atoms with Crippen LogP contribution >= 0.6 is 0 Å². The van der Waals surface area contributed by atoms with Gasteiger partial charge in [-0.05, 0) is 24.8 Å². The van der Waals surface area contributed by atoms with Gasteiger partial charge in [-0.25, -0.2) is 0 Å². The van der Waals surface area contributed by atoms with E-state index in [0.717, 1.165) is 12.8 Å². The largest absolute Gasteiger partial charge is 0.383 e. The summed E-state index contributed by atoms with van der Waals surface area (Å²) in [6, 6.07) is 0. The van der Waals surface area contributed by atoms with E-state index in [9.17, 15) is 4.79 Å². The molecule has 1 rings (SSSR count). The molecule has 0 aliphatic heterocycles. The van der Waals surface area contributed by atoms with Gasteiger partial charge in [-0.3, -0.25) is 4.79 Å². The lowest BCUT2D eigenvalue weighted by Gasteiger charge is -2.40. The van der Waals surface area contributed by atoms with Crippen LogP contribution in [0.4, 0.5) is 0 Å². The fourth-order valence-corrected chi connectivity index (χ4v) is 1.83. The minimum atomic E-state index is 0.104. The second kappa shape index (κ2) is 5.32. The van der Waals surface area contributed by atoms with Gasteiger partial charge < -0.3 is 15.8 Å². The summed E-state index contributed by atoms with van der Waals surface area (Å²) in [4.78, 5) is 11.5. The molecule has 4 nitrogen and oxygen atoms in total. The van der Waals surface area contributed by atoms with Crippen molar-refractivity contribution in [1.29, 1.82) is 0 Å². The number of nitrogens with one attached hydrogen (secondary N) is 1. The number of hydrogen-bond donors (Lipinski definition) is 2. The Morgan fingerprint density at radius 1 is 1.57 bits per heavy atom. The van der Waals surface area contributed by atoms with Gasteiger partial charge in [0.1, 0.15) is 0 Å². The van der Waals surface area contributed by atoms with Gasteiger partial charge in [0.15, 0.2) is 0 Å². The van der Waals surface area contributed by atoms with Crippen molar-refractivity contribution in [3.63, 3.8) is 0 Å². The molecule has 0 aromatic rings. The Balaban J connectivity index is 2.18. The quantitative estimate of drug-likeness (QED) is 0.605. The molecule has 82 valence electrons. The highest BCUT2D eigenvalue weighted by Crippen LogP contribution is 2.42. The van der Waals surface area contributed by atoms with Crippen molar-refractivity contribution >= 4 is 5.91 Å². The normalized spacial score (nSPS) is 18.7. The van der Waals surface area contributed by atoms with Crippen molar-refractivity contribution in [2.24, 2.45) is 11.1 Å². The summed E-state index contributed by atoms with van der Waals surface area (Å²) in [5, 5.41) is 2.82. The molecule has 14 heavy (non-hydrogen) atoms. The number of carbonyl (C=O) groups excluding carboxylic acids is 1. The third-order valence-electron chi connectivity index (χ3n) is 3.01. The number of nitrogens with two attached hydrogens (primary N) is 1. The van der Waals surface area contributed by atoms with Crippen LogP contribution in [0.5, 0.6) is 0 Å². The van der Waals surface area contributed by atoms with E-state index in [-0.39, 0.29) is 11.3 Å². The van der Waals surface area contributed by atoms with Crippen LogP contribution in [0.3, 0.4) is 0 Å². The lowest BCUT2D eigenvalue weighted by molar-refractivity contribution is -0.124. The summed E-state index contributed by atoms with van der Waals surface area (Å²) in [7, 11) is 1.62. The third-order valence-corrected chi connectivity index (χ3v) is 3.01. The van der Waals surface area contributed by atoms with Gasteiger partial charge >= 0.3 is 0 Å². The van der Waals surface area contributed by atoms with E-state index in [0.29, 0.717) is 26.1 Å². The summed E-state index contributed by atoms with van der Waals surface area (Å²) in [6.45, 7) is 1.79. The maximum Gasteiger partial charge on any atom is 0.220 e. The van der Waals surface area contributed by atoms with E-state index in [2.05, 4.69) is 5.32 Å². The van der Waals surface area contributed by atoms with Gasteiger partial charge in [-0.2, -0.15) is 0 Å². The summed E-state index contributed by atoms with van der Waals surface area (Å²) in [5.74, 6) is 0.104. The summed E-state index contributed by atoms with van der Waals surface area (Å²) >= 11 is 0. The Morgan fingerprint density at radius 3 is 2.71 bits per heavy atom. The summed E-state index contributed by atoms with van der Waals surface area (Å²) in [6.07, 6.45) is 3.98. The van der Waals surface area contributed by atoms with Crippen LogP contribution in [0.1, 0.15) is 25.7 Å². The zero-order chi connectivity index (χ0) is 10.4. The molecule has 0 aromatic carbocycles. The Hall–Kier alpha value is -0.610. The molecule has 1 saturated carbocycles. The Bertz CT molecular complexity index is 185. The molecule has 0 aromatic heterocycles. The van der Waals surface area contributed by atoms with Crippen molar-refractivity contribution in [3.05, 3.63) is 0 Å². The average molecular weight is 200 g/mol. The maximum atomic E-state index is 11.5. The number of carbonyl (C=O) groups is 1. The molecule has 4 heteroatoms. The third kappa shape index (κ3) is 2.96. The predicted octanol–water partition coefficient (Wildman–Crippen LogP) is 0.268. The van der Waals surface area contributed by atoms with Crippen molar-refractivity contribution < 1.29 is 9.53 Å². The Morgan fingerprint density at radius 2 is 2.29 bits per heavy atom. The van der Waals surface area contributed by atoms with Crippen LogP contribution in [0.2, 0.25) is 0 Å². The summed E-state index contributed by atoms with van der Waals surface area (Å²) in [5.41, 5.74) is 5.78. The molecule has 3 N–H and O–H groups in total. The van der Waals surface area contributed by atoms with Crippen molar-refractivity contribution in [2.75, 3.05) is 26.8 Å². The molecule has 0 atom stereocenters. The first-order chi connectivity index (χ1) is 6.72. The van der Waals surface area contributed by atoms with Crippen LogP contribution in [0.25, 0.3) is 0 Å². The summed E-state index contributed by atoms with van der Waals surface area (Å²) < 4.78 is 4.85. The first-order valence-electron chi connectivity index (χ1n) is 5.18. The van der Waals surface area contributed by atoms with E-state index in [4.69, 9.17) is 10.5 Å². The molecular weight excluding hydrogens is 180 g/mol. The van der Waals surface area contributed by atoms with Crippen molar-refractivity contribution in [2.45, 2.75) is 25.7 Å². The average Bonchev–Trinajstić information content (AvgIpc) is 2.12. The second-order valence-corrected chi connectivity index (χ2v) is 4.08. The highest BCUT2D eigenvalue weighted by Gasteiger charge is 2.37. The zero-order valence-corrected chi connectivity index (χ0v) is 8.84. The fraction of sp³-hybridized carbons (Fsp3) is 0.900. The van der Waals surface area contributed by atoms with Gasteiger partial charge in [0.05, 0.1) is 6.61 Å². The first kappa shape index (κ1) is 11.5. The number of ether oxygens (including phenoxy) is 1. The molecule has 1 aliphatic rings. The number of methoxy groups -OCH3 is 1. The molecule has 0 spiro atoms. The standard InChI is InChI=1S/C10H20N2O2/c1-14-6-5-12-9(13)7-10(8-11)3-2-4-10/h2-8,11H2,1H3,(H,12,13). The van der Waals surface area contributed by atoms with E-state index >= 15 is 0 Å². The highest BCUT2D eigenvalue weighted by atomic mass is 16.5. The number of rotatable bonds is 6. The van der Waals surface area contributed by atoms with Crippen LogP contribution in [0.15, 0.2) is 0 Å². The topological polar surface area (TPSA) is 64.3 Å². The predicted molar refractivity (Wildman–Crippen MR) is 54.8 cm³/mol. The smallest absolute Gasteiger partial charge is 0.220 e. The molecule has 1 fully saturated rings. The van der Waals surface area contributed by atoms with Crippen LogP contribution in [-0.2, 0) is 9.53 Å². The Kier molecular flexibility index (Phi) is 4.35. The SMILES string of the molecule is COCCNC(=O)CC1(CN)CCC1. The molecule has 1 aliphatic carbocycles. The van der Waals surface area contributed by atoms with Gasteiger partial charge in [-0.15, -0.1) is 0 Å². The zero-order valence-electron chi connectivity index (χ0n) is 8.84. The van der Waals surface area contributed by atoms with Crippen LogP contribution in [0, 0.1) is 5.41 Å². The number of hydrogen-bond acceptors (Lipinski definition) is 3. The lowest BCUT2D eigenvalue weighted by atomic mass is 9.66. The maximum absolute atomic E-state index is 11.5. The van der Waals surface area contributed by atoms with Gasteiger partial charge in [0, 0.05) is 20.1 Å². The van der Waals surface area contributed by atoms with Crippen LogP contribution in [-0.4, -0.2) is 32.7 Å². The fourth-order valence-electron chi connectivity index (χ4n) is 1.83.